The van der Waals surface area contributed by atoms with Gasteiger partial charge in [-0.2, -0.15) is 0 Å². The lowest BCUT2D eigenvalue weighted by molar-refractivity contribution is -0.113. The minimum Gasteiger partial charge on any atom is -0.266 e. The second-order valence-electron chi connectivity index (χ2n) is 1.57. The molecule has 0 unspecified atom stereocenters. The molecule has 1 rings (SSSR count). The molecule has 1 aliphatic rings. The number of rotatable bonds is 1. The Morgan fingerprint density at radius 1 is 1.40 bits per heavy atom. The Morgan fingerprint density at radius 2 is 2.00 bits per heavy atom. The molecule has 7 heteroatoms. The van der Waals surface area contributed by atoms with E-state index in [0.29, 0.717) is 0 Å². The van der Waals surface area contributed by atoms with E-state index in [4.69, 9.17) is 0 Å². The van der Waals surface area contributed by atoms with Crippen molar-refractivity contribution < 1.29 is 13.2 Å². The van der Waals surface area contributed by atoms with Crippen LogP contribution in [0.15, 0.2) is 21.3 Å². The van der Waals surface area contributed by atoms with Crippen LogP contribution in [-0.4, -0.2) is 14.3 Å². The van der Waals surface area contributed by atoms with Gasteiger partial charge in [-0.3, -0.25) is 4.79 Å². The number of carbonyl (C=O) groups is 1. The van der Waals surface area contributed by atoms with E-state index in [2.05, 4.69) is 15.4 Å². The summed E-state index contributed by atoms with van der Waals surface area (Å²) in [4.78, 5) is 10.2. The van der Waals surface area contributed by atoms with Gasteiger partial charge in [0.1, 0.15) is 0 Å². The van der Waals surface area contributed by atoms with Gasteiger partial charge < -0.3 is 0 Å². The van der Waals surface area contributed by atoms with Crippen molar-refractivity contribution in [2.75, 3.05) is 0 Å². The summed E-state index contributed by atoms with van der Waals surface area (Å²) in [7, 11) is -3.86. The lowest BCUT2D eigenvalue weighted by Crippen LogP contribution is -2.12. The first kappa shape index (κ1) is 7.03. The number of nitrogens with zero attached hydrogens (tertiary/aromatic N) is 2. The third-order valence-corrected chi connectivity index (χ3v) is 1.57. The summed E-state index contributed by atoms with van der Waals surface area (Å²) in [6, 6.07) is 0. The summed E-state index contributed by atoms with van der Waals surface area (Å²) >= 11 is 0. The summed E-state index contributed by atoms with van der Waals surface area (Å²) in [6.45, 7) is 0. The average molecular weight is 161 g/mol. The highest BCUT2D eigenvalue weighted by atomic mass is 32.2. The molecule has 0 spiro atoms. The van der Waals surface area contributed by atoms with Crippen molar-refractivity contribution in [1.29, 1.82) is 0 Å². The van der Waals surface area contributed by atoms with Crippen molar-refractivity contribution in [2.45, 2.75) is 0 Å². The van der Waals surface area contributed by atoms with Gasteiger partial charge in [0.25, 0.3) is 15.9 Å². The van der Waals surface area contributed by atoms with Crippen molar-refractivity contribution in [3.63, 3.8) is 0 Å². The van der Waals surface area contributed by atoms with Crippen LogP contribution in [0.2, 0.25) is 0 Å². The first-order valence-electron chi connectivity index (χ1n) is 2.20. The van der Waals surface area contributed by atoms with E-state index in [1.54, 1.807) is 0 Å². The van der Waals surface area contributed by atoms with E-state index in [1.807, 2.05) is 0 Å². The molecule has 0 atom stereocenters. The number of azo groups is 1. The van der Waals surface area contributed by atoms with Crippen molar-refractivity contribution in [2.24, 2.45) is 15.4 Å². The van der Waals surface area contributed by atoms with Crippen LogP contribution in [0.1, 0.15) is 0 Å². The second kappa shape index (κ2) is 1.96. The Labute approximate surface area is 56.5 Å². The standard InChI is InChI=1S/C3H3N3O3S/c4-10(8,9)3-1-2(7)5-6-3/h1H,(H2,4,8,9). The molecule has 0 radical (unpaired) electrons. The number of hydrogen-bond acceptors (Lipinski definition) is 4. The van der Waals surface area contributed by atoms with Crippen molar-refractivity contribution in [3.8, 4) is 0 Å². The molecule has 0 aromatic rings. The van der Waals surface area contributed by atoms with Gasteiger partial charge in [0.05, 0.1) is 0 Å². The molecule has 0 saturated carbocycles. The third kappa shape index (κ3) is 1.25. The molecule has 54 valence electrons. The van der Waals surface area contributed by atoms with Crippen LogP contribution < -0.4 is 5.14 Å². The molecule has 6 nitrogen and oxygen atoms in total. The minimum atomic E-state index is -3.86. The second-order valence-corrected chi connectivity index (χ2v) is 3.07. The number of sulfonamides is 1. The zero-order chi connectivity index (χ0) is 7.78. The largest absolute Gasteiger partial charge is 0.291 e. The fraction of sp³-hybridized carbons (Fsp3) is 0. The van der Waals surface area contributed by atoms with Gasteiger partial charge >= 0.3 is 0 Å². The maximum absolute atomic E-state index is 10.4. The van der Waals surface area contributed by atoms with Crippen LogP contribution in [-0.2, 0) is 14.8 Å². The number of hydrogen-bond donors (Lipinski definition) is 1. The fourth-order valence-electron chi connectivity index (χ4n) is 0.401. The Kier molecular flexibility index (Phi) is 1.38. The molecule has 0 aromatic heterocycles. The van der Waals surface area contributed by atoms with Crippen molar-refractivity contribution >= 4 is 15.9 Å². The first-order valence-corrected chi connectivity index (χ1v) is 3.75. The molecule has 10 heavy (non-hydrogen) atoms. The van der Waals surface area contributed by atoms with Crippen LogP contribution >= 0.6 is 0 Å². The monoisotopic (exact) mass is 161 g/mol. The SMILES string of the molecule is NS(=O)(=O)C1=CC(=O)N=N1. The van der Waals surface area contributed by atoms with Gasteiger partial charge in [-0.05, 0) is 0 Å². The van der Waals surface area contributed by atoms with Crippen LogP contribution in [0.4, 0.5) is 0 Å². The van der Waals surface area contributed by atoms with Crippen LogP contribution in [0, 0.1) is 0 Å². The fourth-order valence-corrected chi connectivity index (χ4v) is 0.821. The van der Waals surface area contributed by atoms with E-state index < -0.39 is 21.0 Å². The maximum atomic E-state index is 10.4. The Bertz CT molecular complexity index is 325. The average Bonchev–Trinajstić information content (AvgIpc) is 2.11. The van der Waals surface area contributed by atoms with E-state index in [9.17, 15) is 13.2 Å². The van der Waals surface area contributed by atoms with Gasteiger partial charge in [-0.1, -0.05) is 0 Å². The van der Waals surface area contributed by atoms with Crippen LogP contribution in [0.3, 0.4) is 0 Å². The molecular weight excluding hydrogens is 158 g/mol. The van der Waals surface area contributed by atoms with Gasteiger partial charge in [0, 0.05) is 6.08 Å². The lowest BCUT2D eigenvalue weighted by atomic mass is 10.6. The van der Waals surface area contributed by atoms with Crippen molar-refractivity contribution in [1.82, 2.24) is 0 Å². The van der Waals surface area contributed by atoms with Crippen molar-refractivity contribution in [3.05, 3.63) is 11.1 Å². The smallest absolute Gasteiger partial charge is 0.266 e. The molecule has 0 saturated heterocycles. The highest BCUT2D eigenvalue weighted by molar-refractivity contribution is 7.93. The predicted octanol–water partition coefficient (Wildman–Crippen LogP) is -0.891. The van der Waals surface area contributed by atoms with E-state index >= 15 is 0 Å². The first-order chi connectivity index (χ1) is 4.50. The zero-order valence-electron chi connectivity index (χ0n) is 4.68. The maximum Gasteiger partial charge on any atom is 0.291 e. The molecule has 1 aliphatic heterocycles. The highest BCUT2D eigenvalue weighted by Gasteiger charge is 2.17. The zero-order valence-corrected chi connectivity index (χ0v) is 5.50. The minimum absolute atomic E-state index is 0.488. The molecule has 0 bridgehead atoms. The quantitative estimate of drug-likeness (QED) is 0.539. The molecular formula is C3H3N3O3S. The normalized spacial score (nSPS) is 17.7. The van der Waals surface area contributed by atoms with E-state index in [0.717, 1.165) is 6.08 Å². The molecule has 1 heterocycles. The predicted molar refractivity (Wildman–Crippen MR) is 31.1 cm³/mol. The van der Waals surface area contributed by atoms with Gasteiger partial charge in [-0.15, -0.1) is 10.2 Å². The molecule has 2 N–H and O–H groups in total. The molecule has 0 aromatic carbocycles. The lowest BCUT2D eigenvalue weighted by Gasteiger charge is -1.86. The van der Waals surface area contributed by atoms with Gasteiger partial charge in [0.15, 0.2) is 5.03 Å². The topological polar surface area (TPSA) is 102 Å². The summed E-state index contributed by atoms with van der Waals surface area (Å²) in [5.41, 5.74) is 0. The highest BCUT2D eigenvalue weighted by Crippen LogP contribution is 2.10. The van der Waals surface area contributed by atoms with Gasteiger partial charge in [0.2, 0.25) is 0 Å². The third-order valence-electron chi connectivity index (χ3n) is 0.786. The van der Waals surface area contributed by atoms with Crippen LogP contribution in [0.5, 0.6) is 0 Å². The Morgan fingerprint density at radius 3 is 2.20 bits per heavy atom. The summed E-state index contributed by atoms with van der Waals surface area (Å²) in [5, 5.41) is 10.0. The summed E-state index contributed by atoms with van der Waals surface area (Å²) < 4.78 is 20.8. The molecule has 0 aliphatic carbocycles. The van der Waals surface area contributed by atoms with Gasteiger partial charge in [-0.25, -0.2) is 13.6 Å². The molecule has 1 amide bonds. The number of carbonyl (C=O) groups excluding carboxylic acids is 1. The summed E-state index contributed by atoms with van der Waals surface area (Å²) in [5.74, 6) is -0.705. The number of primary sulfonamides is 1. The Hall–Kier alpha value is -1.08. The Balaban J connectivity index is 3.11. The van der Waals surface area contributed by atoms with Crippen LogP contribution in [0.25, 0.3) is 0 Å². The van der Waals surface area contributed by atoms with E-state index in [1.165, 1.54) is 0 Å². The number of amides is 1. The number of nitrogens with two attached hydrogens (primary N) is 1. The molecule has 0 fully saturated rings. The van der Waals surface area contributed by atoms with E-state index in [-0.39, 0.29) is 0 Å². The summed E-state index contributed by atoms with van der Waals surface area (Å²) in [6.07, 6.45) is 0.759.